The van der Waals surface area contributed by atoms with Gasteiger partial charge in [-0.2, -0.15) is 0 Å². The van der Waals surface area contributed by atoms with Gasteiger partial charge in [0.1, 0.15) is 10.8 Å². The molecule has 13 heavy (non-hydrogen) atoms. The van der Waals surface area contributed by atoms with E-state index >= 15 is 0 Å². The van der Waals surface area contributed by atoms with Crippen LogP contribution in [0.1, 0.15) is 18.9 Å². The van der Waals surface area contributed by atoms with Gasteiger partial charge in [-0.1, -0.05) is 19.1 Å². The molecule has 0 aromatic carbocycles. The van der Waals surface area contributed by atoms with Crippen LogP contribution in [0, 0.1) is 0 Å². The van der Waals surface area contributed by atoms with E-state index in [-0.39, 0.29) is 0 Å². The molecule has 0 aliphatic carbocycles. The van der Waals surface area contributed by atoms with E-state index < -0.39 is 0 Å². The predicted molar refractivity (Wildman–Crippen MR) is 58.9 cm³/mol. The van der Waals surface area contributed by atoms with E-state index in [1.165, 1.54) is 0 Å². The van der Waals surface area contributed by atoms with Crippen LogP contribution in [0.5, 0.6) is 0 Å². The molecule has 3 nitrogen and oxygen atoms in total. The van der Waals surface area contributed by atoms with Crippen molar-refractivity contribution in [3.05, 3.63) is 23.9 Å². The van der Waals surface area contributed by atoms with Crippen LogP contribution >= 0.6 is 12.2 Å². The van der Waals surface area contributed by atoms with Gasteiger partial charge in [-0.15, -0.1) is 0 Å². The second kappa shape index (κ2) is 4.77. The Morgan fingerprint density at radius 2 is 2.38 bits per heavy atom. The maximum Gasteiger partial charge on any atom is 0.125 e. The number of nitrogens with two attached hydrogens (primary N) is 1. The van der Waals surface area contributed by atoms with E-state index in [0.717, 1.165) is 24.3 Å². The Kier molecular flexibility index (Phi) is 3.64. The lowest BCUT2D eigenvalue weighted by molar-refractivity contribution is 0.969. The fourth-order valence-electron chi connectivity index (χ4n) is 0.897. The zero-order chi connectivity index (χ0) is 9.68. The average molecular weight is 195 g/mol. The summed E-state index contributed by atoms with van der Waals surface area (Å²) >= 11 is 4.81. The summed E-state index contributed by atoms with van der Waals surface area (Å²) in [4.78, 5) is 4.54. The van der Waals surface area contributed by atoms with Crippen molar-refractivity contribution in [2.45, 2.75) is 13.3 Å². The second-order valence-electron chi connectivity index (χ2n) is 2.72. The van der Waals surface area contributed by atoms with Crippen molar-refractivity contribution in [2.75, 3.05) is 11.9 Å². The number of nitrogens with one attached hydrogen (secondary N) is 1. The molecule has 0 radical (unpaired) electrons. The van der Waals surface area contributed by atoms with Gasteiger partial charge in [-0.25, -0.2) is 4.98 Å². The zero-order valence-corrected chi connectivity index (χ0v) is 8.40. The standard InChI is InChI=1S/C9H13N3S/c1-2-5-11-8-4-3-7(6-12-8)9(10)13/h3-4,6H,2,5H2,1H3,(H2,10,13)(H,11,12). The smallest absolute Gasteiger partial charge is 0.125 e. The monoisotopic (exact) mass is 195 g/mol. The Morgan fingerprint density at radius 1 is 1.62 bits per heavy atom. The fraction of sp³-hybridized carbons (Fsp3) is 0.333. The van der Waals surface area contributed by atoms with Crippen LogP contribution in [-0.2, 0) is 0 Å². The van der Waals surface area contributed by atoms with Crippen LogP contribution in [0.4, 0.5) is 5.82 Å². The zero-order valence-electron chi connectivity index (χ0n) is 7.58. The number of aromatic nitrogens is 1. The van der Waals surface area contributed by atoms with Crippen LogP contribution < -0.4 is 11.1 Å². The number of pyridine rings is 1. The summed E-state index contributed by atoms with van der Waals surface area (Å²) in [7, 11) is 0. The fourth-order valence-corrected chi connectivity index (χ4v) is 1.02. The minimum absolute atomic E-state index is 0.384. The Labute approximate surface area is 83.4 Å². The van der Waals surface area contributed by atoms with Crippen molar-refractivity contribution in [2.24, 2.45) is 5.73 Å². The van der Waals surface area contributed by atoms with E-state index in [2.05, 4.69) is 17.2 Å². The highest BCUT2D eigenvalue weighted by atomic mass is 32.1. The molecule has 4 heteroatoms. The van der Waals surface area contributed by atoms with E-state index in [9.17, 15) is 0 Å². The third-order valence-electron chi connectivity index (χ3n) is 1.60. The van der Waals surface area contributed by atoms with Crippen LogP contribution in [0.15, 0.2) is 18.3 Å². The lowest BCUT2D eigenvalue weighted by Gasteiger charge is -2.03. The first kappa shape index (κ1) is 9.92. The lowest BCUT2D eigenvalue weighted by Crippen LogP contribution is -2.10. The van der Waals surface area contributed by atoms with Crippen molar-refractivity contribution in [1.82, 2.24) is 4.98 Å². The maximum absolute atomic E-state index is 5.43. The third-order valence-corrected chi connectivity index (χ3v) is 1.84. The summed E-state index contributed by atoms with van der Waals surface area (Å²) in [6, 6.07) is 3.75. The Bertz CT molecular complexity index is 281. The van der Waals surface area contributed by atoms with Gasteiger partial charge in [0, 0.05) is 18.3 Å². The normalized spacial score (nSPS) is 9.62. The highest BCUT2D eigenvalue weighted by Crippen LogP contribution is 2.04. The molecule has 1 rings (SSSR count). The average Bonchev–Trinajstić information content (AvgIpc) is 2.15. The summed E-state index contributed by atoms with van der Waals surface area (Å²) in [5.74, 6) is 0.863. The Balaban J connectivity index is 2.64. The molecule has 0 amide bonds. The van der Waals surface area contributed by atoms with Gasteiger partial charge in [0.25, 0.3) is 0 Å². The molecular weight excluding hydrogens is 182 g/mol. The molecule has 70 valence electrons. The number of thiocarbonyl (C=S) groups is 1. The first-order chi connectivity index (χ1) is 6.24. The van der Waals surface area contributed by atoms with E-state index in [0.29, 0.717) is 4.99 Å². The van der Waals surface area contributed by atoms with Crippen LogP contribution in [0.25, 0.3) is 0 Å². The summed E-state index contributed by atoms with van der Waals surface area (Å²) in [5.41, 5.74) is 6.24. The number of nitrogens with zero attached hydrogens (tertiary/aromatic N) is 1. The second-order valence-corrected chi connectivity index (χ2v) is 3.16. The molecule has 0 aliphatic heterocycles. The Hall–Kier alpha value is -1.16. The minimum atomic E-state index is 0.384. The van der Waals surface area contributed by atoms with Crippen LogP contribution in [0.3, 0.4) is 0 Å². The lowest BCUT2D eigenvalue weighted by atomic mass is 10.3. The SMILES string of the molecule is CCCNc1ccc(C(N)=S)cn1. The highest BCUT2D eigenvalue weighted by Gasteiger charge is 1.96. The van der Waals surface area contributed by atoms with E-state index in [1.807, 2.05) is 12.1 Å². The molecule has 0 fully saturated rings. The van der Waals surface area contributed by atoms with Gasteiger partial charge in [-0.3, -0.25) is 0 Å². The van der Waals surface area contributed by atoms with Crippen molar-refractivity contribution < 1.29 is 0 Å². The number of anilines is 1. The topological polar surface area (TPSA) is 50.9 Å². The summed E-state index contributed by atoms with van der Waals surface area (Å²) in [5, 5.41) is 3.17. The largest absolute Gasteiger partial charge is 0.389 e. The molecule has 1 aromatic heterocycles. The summed E-state index contributed by atoms with van der Waals surface area (Å²) < 4.78 is 0. The maximum atomic E-state index is 5.43. The number of hydrogen-bond donors (Lipinski definition) is 2. The number of hydrogen-bond acceptors (Lipinski definition) is 3. The van der Waals surface area contributed by atoms with Gasteiger partial charge in [0.05, 0.1) is 0 Å². The van der Waals surface area contributed by atoms with E-state index in [1.54, 1.807) is 6.20 Å². The molecular formula is C9H13N3S. The van der Waals surface area contributed by atoms with Gasteiger partial charge in [-0.05, 0) is 18.6 Å². The van der Waals surface area contributed by atoms with E-state index in [4.69, 9.17) is 18.0 Å². The molecule has 0 saturated carbocycles. The quantitative estimate of drug-likeness (QED) is 0.715. The summed E-state index contributed by atoms with van der Waals surface area (Å²) in [6.45, 7) is 3.04. The van der Waals surface area contributed by atoms with Gasteiger partial charge >= 0.3 is 0 Å². The molecule has 0 unspecified atom stereocenters. The van der Waals surface area contributed by atoms with Crippen molar-refractivity contribution in [3.8, 4) is 0 Å². The van der Waals surface area contributed by atoms with Gasteiger partial charge in [0.2, 0.25) is 0 Å². The summed E-state index contributed by atoms with van der Waals surface area (Å²) in [6.07, 6.45) is 2.76. The first-order valence-corrected chi connectivity index (χ1v) is 4.64. The van der Waals surface area contributed by atoms with Crippen LogP contribution in [-0.4, -0.2) is 16.5 Å². The van der Waals surface area contributed by atoms with Crippen molar-refractivity contribution >= 4 is 23.0 Å². The highest BCUT2D eigenvalue weighted by molar-refractivity contribution is 7.80. The third kappa shape index (κ3) is 2.99. The molecule has 0 saturated heterocycles. The van der Waals surface area contributed by atoms with Crippen molar-refractivity contribution in [3.63, 3.8) is 0 Å². The Morgan fingerprint density at radius 3 is 2.85 bits per heavy atom. The molecule has 0 aliphatic rings. The van der Waals surface area contributed by atoms with Crippen LogP contribution in [0.2, 0.25) is 0 Å². The molecule has 0 atom stereocenters. The minimum Gasteiger partial charge on any atom is -0.389 e. The molecule has 1 heterocycles. The molecule has 0 bridgehead atoms. The number of rotatable bonds is 4. The van der Waals surface area contributed by atoms with Gasteiger partial charge < -0.3 is 11.1 Å². The van der Waals surface area contributed by atoms with Crippen molar-refractivity contribution in [1.29, 1.82) is 0 Å². The first-order valence-electron chi connectivity index (χ1n) is 4.23. The molecule has 1 aromatic rings. The van der Waals surface area contributed by atoms with Gasteiger partial charge in [0.15, 0.2) is 0 Å². The molecule has 0 spiro atoms. The predicted octanol–water partition coefficient (Wildman–Crippen LogP) is 1.54. The molecule has 3 N–H and O–H groups in total.